The van der Waals surface area contributed by atoms with Crippen molar-refractivity contribution in [3.8, 4) is 0 Å². The van der Waals surface area contributed by atoms with Crippen LogP contribution in [0.15, 0.2) is 16.9 Å². The van der Waals surface area contributed by atoms with Gasteiger partial charge in [-0.2, -0.15) is 0 Å². The highest BCUT2D eigenvalue weighted by Gasteiger charge is 1.77. The van der Waals surface area contributed by atoms with Crippen LogP contribution in [0.4, 0.5) is 0 Å². The first-order valence-electron chi connectivity index (χ1n) is 3.43. The minimum atomic E-state index is -2.33. The first-order valence-corrected chi connectivity index (χ1v) is 1.43. The van der Waals surface area contributed by atoms with E-state index in [2.05, 4.69) is 9.40 Å². The maximum atomic E-state index is 6.82. The van der Waals surface area contributed by atoms with Gasteiger partial charge in [0.25, 0.3) is 0 Å². The maximum Gasteiger partial charge on any atom is 0.190 e. The predicted octanol–water partition coefficient (Wildman–Crippen LogP) is 0.983. The van der Waals surface area contributed by atoms with Crippen LogP contribution in [-0.4, -0.2) is 4.98 Å². The normalized spacial score (nSPS) is 20.7. The van der Waals surface area contributed by atoms with E-state index in [1.807, 2.05) is 0 Å². The molecule has 0 spiro atoms. The standard InChI is InChI=1S/C4H5NO/c1-4-5-2-3-6-4/h2-3H,1H3/i1D3,3D. The third-order valence-electron chi connectivity index (χ3n) is 0.390. The molecule has 0 amide bonds. The molecule has 0 fully saturated rings. The first kappa shape index (κ1) is 1.09. The summed E-state index contributed by atoms with van der Waals surface area (Å²) in [5.74, 6) is -0.377. The van der Waals surface area contributed by atoms with E-state index < -0.39 is 6.85 Å². The fraction of sp³-hybridized carbons (Fsp3) is 0.250. The molecule has 2 nitrogen and oxygen atoms in total. The molecule has 6 heavy (non-hydrogen) atoms. The van der Waals surface area contributed by atoms with E-state index in [9.17, 15) is 0 Å². The Hall–Kier alpha value is -0.790. The summed E-state index contributed by atoms with van der Waals surface area (Å²) in [6, 6.07) is 0. The number of aryl methyl sites for hydroxylation is 1. The molecule has 0 saturated carbocycles. The Morgan fingerprint density at radius 1 is 2.33 bits per heavy atom. The van der Waals surface area contributed by atoms with Crippen LogP contribution in [0.5, 0.6) is 0 Å². The SMILES string of the molecule is [2H]c1cnc(C([2H])([2H])[2H])o1. The molecule has 2 heteroatoms. The third kappa shape index (κ3) is 0.407. The van der Waals surface area contributed by atoms with Gasteiger partial charge in [0.2, 0.25) is 0 Å². The molecule has 0 saturated heterocycles. The number of hydrogen-bond donors (Lipinski definition) is 0. The lowest BCUT2D eigenvalue weighted by Crippen LogP contribution is -1.59. The number of hydrogen-bond acceptors (Lipinski definition) is 2. The van der Waals surface area contributed by atoms with Crippen molar-refractivity contribution in [3.63, 3.8) is 0 Å². The largest absolute Gasteiger partial charge is 0.449 e. The van der Waals surface area contributed by atoms with Gasteiger partial charge in [-0.25, -0.2) is 4.98 Å². The van der Waals surface area contributed by atoms with Gasteiger partial charge in [0.05, 0.1) is 6.20 Å². The van der Waals surface area contributed by atoms with Crippen molar-refractivity contribution in [2.45, 2.75) is 6.85 Å². The monoisotopic (exact) mass is 87.1 g/mol. The molecule has 0 aliphatic rings. The Labute approximate surface area is 41.4 Å². The van der Waals surface area contributed by atoms with Crippen molar-refractivity contribution in [1.29, 1.82) is 0 Å². The van der Waals surface area contributed by atoms with Gasteiger partial charge in [0.15, 0.2) is 5.89 Å². The van der Waals surface area contributed by atoms with Gasteiger partial charge in [-0.15, -0.1) is 0 Å². The fourth-order valence-corrected chi connectivity index (χ4v) is 0.193. The third-order valence-corrected chi connectivity index (χ3v) is 0.390. The van der Waals surface area contributed by atoms with Crippen LogP contribution in [0.1, 0.15) is 11.4 Å². The molecule has 0 aliphatic heterocycles. The average Bonchev–Trinajstić information content (AvgIpc) is 2.11. The van der Waals surface area contributed by atoms with Gasteiger partial charge < -0.3 is 4.42 Å². The van der Waals surface area contributed by atoms with E-state index in [0.717, 1.165) is 6.20 Å². The van der Waals surface area contributed by atoms with Crippen LogP contribution >= 0.6 is 0 Å². The van der Waals surface area contributed by atoms with Gasteiger partial charge in [0.1, 0.15) is 7.61 Å². The number of aromatic nitrogens is 1. The lowest BCUT2D eigenvalue weighted by Gasteiger charge is -1.67. The smallest absolute Gasteiger partial charge is 0.190 e. The molecule has 1 aromatic heterocycles. The van der Waals surface area contributed by atoms with Gasteiger partial charge in [-0.05, 0) is 0 Å². The molecule has 1 rings (SSSR count). The molecule has 0 radical (unpaired) electrons. The number of rotatable bonds is 0. The van der Waals surface area contributed by atoms with Crippen LogP contribution in [0.2, 0.25) is 0 Å². The number of oxazole rings is 1. The highest BCUT2D eigenvalue weighted by molar-refractivity contribution is 4.72. The fourth-order valence-electron chi connectivity index (χ4n) is 0.193. The molecule has 0 unspecified atom stereocenters. The maximum absolute atomic E-state index is 6.82. The lowest BCUT2D eigenvalue weighted by atomic mass is 10.8. The Morgan fingerprint density at radius 3 is 3.67 bits per heavy atom. The topological polar surface area (TPSA) is 26.0 Å². The molecule has 32 valence electrons. The quantitative estimate of drug-likeness (QED) is 0.471. The highest BCUT2D eigenvalue weighted by atomic mass is 16.3. The van der Waals surface area contributed by atoms with E-state index in [0.29, 0.717) is 0 Å². The summed E-state index contributed by atoms with van der Waals surface area (Å²) >= 11 is 0. The van der Waals surface area contributed by atoms with E-state index in [4.69, 9.17) is 5.48 Å². The average molecular weight is 87.1 g/mol. The lowest BCUT2D eigenvalue weighted by molar-refractivity contribution is 0.521. The number of nitrogens with zero attached hydrogens (tertiary/aromatic N) is 1. The van der Waals surface area contributed by atoms with Crippen molar-refractivity contribution >= 4 is 0 Å². The van der Waals surface area contributed by atoms with Gasteiger partial charge in [-0.3, -0.25) is 0 Å². The summed E-state index contributed by atoms with van der Waals surface area (Å²) in [7, 11) is 0. The zero-order valence-electron chi connectivity index (χ0n) is 6.93. The molecule has 0 aliphatic carbocycles. The van der Waals surface area contributed by atoms with Crippen LogP contribution in [0.25, 0.3) is 0 Å². The van der Waals surface area contributed by atoms with Crippen LogP contribution in [-0.2, 0) is 0 Å². The summed E-state index contributed by atoms with van der Waals surface area (Å²) in [5.41, 5.74) is 0. The van der Waals surface area contributed by atoms with Gasteiger partial charge in [-0.1, -0.05) is 0 Å². The molecular weight excluding hydrogens is 78.0 g/mol. The van der Waals surface area contributed by atoms with Crippen LogP contribution in [0, 0.1) is 6.85 Å². The Morgan fingerprint density at radius 2 is 3.33 bits per heavy atom. The van der Waals surface area contributed by atoms with Crippen molar-refractivity contribution < 1.29 is 9.90 Å². The van der Waals surface area contributed by atoms with E-state index >= 15 is 0 Å². The summed E-state index contributed by atoms with van der Waals surface area (Å²) in [4.78, 5) is 3.37. The molecule has 0 N–H and O–H groups in total. The summed E-state index contributed by atoms with van der Waals surface area (Å²) in [5, 5.41) is 0. The van der Waals surface area contributed by atoms with Gasteiger partial charge in [0, 0.05) is 11.0 Å². The molecule has 1 heterocycles. The van der Waals surface area contributed by atoms with E-state index in [-0.39, 0.29) is 12.1 Å². The second-order valence-electron chi connectivity index (χ2n) is 0.783. The summed E-state index contributed by atoms with van der Waals surface area (Å²) < 4.78 is 31.6. The minimum absolute atomic E-state index is 0.230. The minimum Gasteiger partial charge on any atom is -0.449 e. The second kappa shape index (κ2) is 1.12. The Balaban J connectivity index is 2.96. The Kier molecular flexibility index (Phi) is 0.204. The molecule has 0 atom stereocenters. The molecule has 0 bridgehead atoms. The Bertz CT molecular complexity index is 227. The predicted molar refractivity (Wildman–Crippen MR) is 21.2 cm³/mol. The highest BCUT2D eigenvalue weighted by Crippen LogP contribution is 1.86. The van der Waals surface area contributed by atoms with Crippen LogP contribution < -0.4 is 0 Å². The zero-order chi connectivity index (χ0) is 7.78. The van der Waals surface area contributed by atoms with Crippen molar-refractivity contribution in [1.82, 2.24) is 4.98 Å². The molecule has 0 aromatic carbocycles. The van der Waals surface area contributed by atoms with Crippen molar-refractivity contribution in [2.24, 2.45) is 0 Å². The summed E-state index contributed by atoms with van der Waals surface area (Å²) in [6.07, 6.45) is 0.827. The summed E-state index contributed by atoms with van der Waals surface area (Å²) in [6.45, 7) is -2.33. The first-order chi connectivity index (χ1) is 4.50. The second-order valence-corrected chi connectivity index (χ2v) is 0.783. The van der Waals surface area contributed by atoms with E-state index in [1.165, 1.54) is 0 Å². The molecular formula is C4H5NO. The van der Waals surface area contributed by atoms with Crippen LogP contribution in [0.3, 0.4) is 0 Å². The van der Waals surface area contributed by atoms with E-state index in [1.54, 1.807) is 0 Å². The van der Waals surface area contributed by atoms with Crippen molar-refractivity contribution in [3.05, 3.63) is 18.3 Å². The zero-order valence-corrected chi connectivity index (χ0v) is 2.93. The molecule has 1 aromatic rings. The van der Waals surface area contributed by atoms with Gasteiger partial charge >= 0.3 is 0 Å². The van der Waals surface area contributed by atoms with Crippen molar-refractivity contribution in [2.75, 3.05) is 0 Å².